The summed E-state index contributed by atoms with van der Waals surface area (Å²) in [6.07, 6.45) is 6.56. The van der Waals surface area contributed by atoms with Crippen LogP contribution in [-0.4, -0.2) is 17.7 Å². The van der Waals surface area contributed by atoms with Crippen LogP contribution in [0, 0.1) is 0 Å². The van der Waals surface area contributed by atoms with Gasteiger partial charge in [0, 0.05) is 6.42 Å². The molecule has 3 heteroatoms. The molecule has 0 rings (SSSR count). The van der Waals surface area contributed by atoms with Gasteiger partial charge in [-0.2, -0.15) is 0 Å². The molecule has 102 valence electrons. The molecule has 0 aliphatic rings. The van der Waals surface area contributed by atoms with E-state index in [4.69, 9.17) is 9.84 Å². The van der Waals surface area contributed by atoms with Gasteiger partial charge in [-0.3, -0.25) is 4.79 Å². The predicted molar refractivity (Wildman–Crippen MR) is 74.4 cm³/mol. The second-order valence-electron chi connectivity index (χ2n) is 4.62. The fraction of sp³-hybridized carbons (Fsp3) is 0.533. The summed E-state index contributed by atoms with van der Waals surface area (Å²) >= 11 is 0. The maximum Gasteiger partial charge on any atom is 0.306 e. The fourth-order valence-electron chi connectivity index (χ4n) is 1.29. The van der Waals surface area contributed by atoms with E-state index >= 15 is 0 Å². The largest absolute Gasteiger partial charge is 0.513 e. The molecule has 0 aromatic rings. The Hall–Kier alpha value is -1.51. The van der Waals surface area contributed by atoms with Crippen LogP contribution in [0.5, 0.6) is 0 Å². The zero-order valence-corrected chi connectivity index (χ0v) is 11.7. The number of aliphatic hydroxyl groups is 1. The topological polar surface area (TPSA) is 46.5 Å². The minimum Gasteiger partial charge on any atom is -0.513 e. The third kappa shape index (κ3) is 11.0. The Kier molecular flexibility index (Phi) is 8.71. The highest BCUT2D eigenvalue weighted by atomic mass is 16.5. The molecule has 0 aliphatic heterocycles. The second-order valence-corrected chi connectivity index (χ2v) is 4.62. The molecular weight excluding hydrogens is 228 g/mol. The minimum atomic E-state index is -0.307. The van der Waals surface area contributed by atoms with E-state index in [0.29, 0.717) is 6.61 Å². The molecule has 0 atom stereocenters. The van der Waals surface area contributed by atoms with E-state index < -0.39 is 0 Å². The lowest BCUT2D eigenvalue weighted by atomic mass is 10.1. The molecule has 0 saturated carbocycles. The number of hydrogen-bond donors (Lipinski definition) is 1. The first-order valence-corrected chi connectivity index (χ1v) is 6.23. The van der Waals surface area contributed by atoms with Crippen molar-refractivity contribution in [2.45, 2.75) is 46.5 Å². The number of allylic oxidation sites excluding steroid dienone is 4. The Morgan fingerprint density at radius 2 is 1.83 bits per heavy atom. The molecule has 0 unspecified atom stereocenters. The summed E-state index contributed by atoms with van der Waals surface area (Å²) in [5.41, 5.74) is 2.53. The molecular formula is C15H24O3. The predicted octanol–water partition coefficient (Wildman–Crippen LogP) is 4.07. The van der Waals surface area contributed by atoms with Gasteiger partial charge in [-0.15, -0.1) is 0 Å². The smallest absolute Gasteiger partial charge is 0.306 e. The highest BCUT2D eigenvalue weighted by Crippen LogP contribution is 2.07. The summed E-state index contributed by atoms with van der Waals surface area (Å²) in [5, 5.41) is 8.84. The van der Waals surface area contributed by atoms with Crippen LogP contribution in [0.3, 0.4) is 0 Å². The molecule has 1 N–H and O–H groups in total. The van der Waals surface area contributed by atoms with Crippen LogP contribution in [-0.2, 0) is 9.53 Å². The molecule has 0 aromatic carbocycles. The molecule has 0 heterocycles. The summed E-state index contributed by atoms with van der Waals surface area (Å²) in [6.45, 7) is 9.81. The molecule has 0 aliphatic carbocycles. The Labute approximate surface area is 110 Å². The van der Waals surface area contributed by atoms with Crippen molar-refractivity contribution in [1.82, 2.24) is 0 Å². The van der Waals surface area contributed by atoms with Crippen LogP contribution in [0.2, 0.25) is 0 Å². The van der Waals surface area contributed by atoms with Crippen molar-refractivity contribution < 1.29 is 14.6 Å². The average molecular weight is 252 g/mol. The monoisotopic (exact) mass is 252 g/mol. The van der Waals surface area contributed by atoms with Gasteiger partial charge in [-0.1, -0.05) is 23.8 Å². The first kappa shape index (κ1) is 16.5. The van der Waals surface area contributed by atoms with E-state index in [2.05, 4.69) is 26.5 Å². The zero-order valence-electron chi connectivity index (χ0n) is 11.7. The maximum atomic E-state index is 11.2. The van der Waals surface area contributed by atoms with Gasteiger partial charge in [-0.25, -0.2) is 0 Å². The number of ether oxygens (including phenoxy) is 1. The maximum absolute atomic E-state index is 11.2. The Bertz CT molecular complexity index is 334. The van der Waals surface area contributed by atoms with Gasteiger partial charge in [-0.05, 0) is 39.7 Å². The standard InChI is InChI=1S/C15H24O3/c1-12(2)6-5-7-13(3)10-11-18-15(17)9-8-14(4)16/h6,10,16H,4-5,7-9,11H2,1-3H3/b13-10+. The quantitative estimate of drug-likeness (QED) is 0.402. The van der Waals surface area contributed by atoms with E-state index in [1.165, 1.54) is 11.1 Å². The van der Waals surface area contributed by atoms with Gasteiger partial charge in [0.1, 0.15) is 6.61 Å². The SMILES string of the molecule is C=C(O)CCC(=O)OC/C=C(\C)CCC=C(C)C. The number of carbonyl (C=O) groups is 1. The van der Waals surface area contributed by atoms with Gasteiger partial charge >= 0.3 is 5.97 Å². The summed E-state index contributed by atoms with van der Waals surface area (Å²) in [5.74, 6) is -0.293. The van der Waals surface area contributed by atoms with E-state index in [1.807, 2.05) is 13.0 Å². The van der Waals surface area contributed by atoms with E-state index in [1.54, 1.807) is 0 Å². The van der Waals surface area contributed by atoms with Crippen LogP contribution in [0.1, 0.15) is 46.5 Å². The molecule has 0 aromatic heterocycles. The Morgan fingerprint density at radius 1 is 1.17 bits per heavy atom. The van der Waals surface area contributed by atoms with Crippen molar-refractivity contribution in [2.75, 3.05) is 6.61 Å². The zero-order chi connectivity index (χ0) is 14.0. The molecule has 0 spiro atoms. The minimum absolute atomic E-state index is 0.0143. The van der Waals surface area contributed by atoms with Crippen molar-refractivity contribution in [3.05, 3.63) is 35.6 Å². The van der Waals surface area contributed by atoms with Gasteiger partial charge in [0.15, 0.2) is 0 Å². The second kappa shape index (κ2) is 9.51. The number of rotatable bonds is 8. The van der Waals surface area contributed by atoms with Crippen LogP contribution in [0.4, 0.5) is 0 Å². The highest BCUT2D eigenvalue weighted by Gasteiger charge is 2.02. The first-order chi connectivity index (χ1) is 8.41. The lowest BCUT2D eigenvalue weighted by Gasteiger charge is -2.03. The lowest BCUT2D eigenvalue weighted by molar-refractivity contribution is -0.142. The van der Waals surface area contributed by atoms with Crippen molar-refractivity contribution in [3.63, 3.8) is 0 Å². The molecule has 3 nitrogen and oxygen atoms in total. The molecule has 18 heavy (non-hydrogen) atoms. The van der Waals surface area contributed by atoms with Crippen LogP contribution in [0.25, 0.3) is 0 Å². The number of carbonyl (C=O) groups excluding carboxylic acids is 1. The van der Waals surface area contributed by atoms with Gasteiger partial charge in [0.2, 0.25) is 0 Å². The average Bonchev–Trinajstić information content (AvgIpc) is 2.25. The van der Waals surface area contributed by atoms with Crippen LogP contribution >= 0.6 is 0 Å². The molecule has 0 saturated heterocycles. The normalized spacial score (nSPS) is 10.9. The van der Waals surface area contributed by atoms with Crippen molar-refractivity contribution in [3.8, 4) is 0 Å². The number of hydrogen-bond acceptors (Lipinski definition) is 3. The summed E-state index contributed by atoms with van der Waals surface area (Å²) in [7, 11) is 0. The van der Waals surface area contributed by atoms with Crippen molar-refractivity contribution in [2.24, 2.45) is 0 Å². The van der Waals surface area contributed by atoms with Gasteiger partial charge in [0.25, 0.3) is 0 Å². The first-order valence-electron chi connectivity index (χ1n) is 6.23. The third-order valence-electron chi connectivity index (χ3n) is 2.39. The highest BCUT2D eigenvalue weighted by molar-refractivity contribution is 5.69. The molecule has 0 radical (unpaired) electrons. The van der Waals surface area contributed by atoms with Crippen LogP contribution in [0.15, 0.2) is 35.6 Å². The van der Waals surface area contributed by atoms with E-state index in [0.717, 1.165) is 12.8 Å². The fourth-order valence-corrected chi connectivity index (χ4v) is 1.29. The number of aliphatic hydroxyl groups excluding tert-OH is 1. The van der Waals surface area contributed by atoms with Gasteiger partial charge < -0.3 is 9.84 Å². The van der Waals surface area contributed by atoms with Crippen molar-refractivity contribution in [1.29, 1.82) is 0 Å². The van der Waals surface area contributed by atoms with Gasteiger partial charge in [0.05, 0.1) is 12.2 Å². The Balaban J connectivity index is 3.76. The summed E-state index contributed by atoms with van der Waals surface area (Å²) in [6, 6.07) is 0. The lowest BCUT2D eigenvalue weighted by Crippen LogP contribution is -2.04. The third-order valence-corrected chi connectivity index (χ3v) is 2.39. The molecule has 0 amide bonds. The summed E-state index contributed by atoms with van der Waals surface area (Å²) in [4.78, 5) is 11.2. The van der Waals surface area contributed by atoms with E-state index in [9.17, 15) is 4.79 Å². The van der Waals surface area contributed by atoms with Crippen LogP contribution < -0.4 is 0 Å². The number of esters is 1. The van der Waals surface area contributed by atoms with E-state index in [-0.39, 0.29) is 24.6 Å². The Morgan fingerprint density at radius 3 is 2.39 bits per heavy atom. The summed E-state index contributed by atoms with van der Waals surface area (Å²) < 4.78 is 5.01. The molecule has 0 bridgehead atoms. The molecule has 0 fully saturated rings. The van der Waals surface area contributed by atoms with Crippen molar-refractivity contribution >= 4 is 5.97 Å².